The van der Waals surface area contributed by atoms with Gasteiger partial charge in [0.15, 0.2) is 17.5 Å². The van der Waals surface area contributed by atoms with Crippen molar-refractivity contribution in [3.05, 3.63) is 36.3 Å². The van der Waals surface area contributed by atoms with Crippen molar-refractivity contribution in [3.8, 4) is 11.4 Å². The zero-order valence-corrected chi connectivity index (χ0v) is 17.7. The monoisotopic (exact) mass is 460 g/mol. The summed E-state index contributed by atoms with van der Waals surface area (Å²) in [4.78, 5) is 29.0. The molecule has 3 atom stereocenters. The van der Waals surface area contributed by atoms with Crippen molar-refractivity contribution in [2.24, 2.45) is 0 Å². The molecule has 2 unspecified atom stereocenters. The maximum atomic E-state index is 14.5. The molecule has 0 aromatic carbocycles. The number of carbonyl (C=O) groups excluding carboxylic acids is 1. The molecular weight excluding hydrogens is 437 g/mol. The van der Waals surface area contributed by atoms with Gasteiger partial charge in [0, 0.05) is 36.2 Å². The Morgan fingerprint density at radius 1 is 1.21 bits per heavy atom. The molecule has 1 saturated carbocycles. The van der Waals surface area contributed by atoms with Crippen molar-refractivity contribution in [1.82, 2.24) is 24.8 Å². The molecule has 0 radical (unpaired) electrons. The van der Waals surface area contributed by atoms with Gasteiger partial charge in [0.2, 0.25) is 0 Å². The van der Waals surface area contributed by atoms with Gasteiger partial charge < -0.3 is 19.9 Å². The summed E-state index contributed by atoms with van der Waals surface area (Å²) < 4.78 is 47.1. The number of hydrogen-bond donors (Lipinski definition) is 2. The molecule has 11 heteroatoms. The van der Waals surface area contributed by atoms with E-state index in [-0.39, 0.29) is 30.3 Å². The lowest BCUT2D eigenvalue weighted by Crippen LogP contribution is -2.37. The molecule has 2 fully saturated rings. The number of nitrogens with one attached hydrogen (secondary N) is 2. The fraction of sp³-hybridized carbons (Fsp3) is 0.455. The molecule has 3 aromatic heterocycles. The molecule has 33 heavy (non-hydrogen) atoms. The van der Waals surface area contributed by atoms with Gasteiger partial charge in [-0.25, -0.2) is 32.9 Å². The van der Waals surface area contributed by atoms with Crippen molar-refractivity contribution in [2.75, 3.05) is 18.4 Å². The van der Waals surface area contributed by atoms with Crippen molar-refractivity contribution in [1.29, 1.82) is 0 Å². The summed E-state index contributed by atoms with van der Waals surface area (Å²) in [5.74, 6) is -0.864. The van der Waals surface area contributed by atoms with E-state index in [0.29, 0.717) is 42.4 Å². The lowest BCUT2D eigenvalue weighted by atomic mass is 9.93. The summed E-state index contributed by atoms with van der Waals surface area (Å²) in [5, 5.41) is 3.59. The van der Waals surface area contributed by atoms with E-state index in [9.17, 15) is 18.0 Å². The summed E-state index contributed by atoms with van der Waals surface area (Å²) in [6, 6.07) is 1.16. The van der Waals surface area contributed by atoms with E-state index in [1.54, 1.807) is 6.20 Å². The van der Waals surface area contributed by atoms with E-state index in [1.165, 1.54) is 11.0 Å². The fourth-order valence-corrected chi connectivity index (χ4v) is 4.44. The Labute approximate surface area is 187 Å². The number of halogens is 3. The predicted molar refractivity (Wildman–Crippen MR) is 114 cm³/mol. The molecular formula is C22H23F3N6O2. The van der Waals surface area contributed by atoms with Crippen LogP contribution in [0.4, 0.5) is 23.8 Å². The van der Waals surface area contributed by atoms with Gasteiger partial charge in [-0.05, 0) is 31.7 Å². The highest BCUT2D eigenvalue weighted by Gasteiger charge is 2.31. The molecule has 4 heterocycles. The van der Waals surface area contributed by atoms with Gasteiger partial charge in [-0.1, -0.05) is 0 Å². The predicted octanol–water partition coefficient (Wildman–Crippen LogP) is 4.20. The topological polar surface area (TPSA) is 96.0 Å². The highest BCUT2D eigenvalue weighted by molar-refractivity contribution is 5.91. The number of likely N-dealkylation sites (tertiary alicyclic amines) is 1. The summed E-state index contributed by atoms with van der Waals surface area (Å²) in [7, 11) is 0. The molecule has 0 spiro atoms. The summed E-state index contributed by atoms with van der Waals surface area (Å²) in [6.45, 7) is 0.423. The van der Waals surface area contributed by atoms with Crippen LogP contribution < -0.4 is 5.32 Å². The number of aromatic amines is 1. The number of rotatable bonds is 4. The lowest BCUT2D eigenvalue weighted by Gasteiger charge is -2.31. The summed E-state index contributed by atoms with van der Waals surface area (Å²) in [5.41, 5.74) is 0.982. The normalized spacial score (nSPS) is 23.1. The maximum Gasteiger partial charge on any atom is 0.410 e. The molecule has 174 valence electrons. The number of H-pyrrole nitrogens is 1. The van der Waals surface area contributed by atoms with Gasteiger partial charge in [-0.3, -0.25) is 0 Å². The van der Waals surface area contributed by atoms with Crippen molar-refractivity contribution < 1.29 is 22.7 Å². The second-order valence-electron chi connectivity index (χ2n) is 8.49. The number of pyridine rings is 1. The number of amides is 1. The molecule has 1 amide bonds. The third-order valence-electron chi connectivity index (χ3n) is 6.11. The number of hydrogen-bond acceptors (Lipinski definition) is 6. The van der Waals surface area contributed by atoms with E-state index in [0.717, 1.165) is 25.2 Å². The van der Waals surface area contributed by atoms with Crippen molar-refractivity contribution in [3.63, 3.8) is 0 Å². The van der Waals surface area contributed by atoms with Gasteiger partial charge >= 0.3 is 6.09 Å². The first-order valence-electron chi connectivity index (χ1n) is 11.0. The number of nitrogens with zero attached hydrogens (tertiary/aromatic N) is 4. The highest BCUT2D eigenvalue weighted by Crippen LogP contribution is 2.29. The third kappa shape index (κ3) is 4.57. The minimum absolute atomic E-state index is 0.0236. The largest absolute Gasteiger partial charge is 0.446 e. The van der Waals surface area contributed by atoms with Crippen LogP contribution in [-0.4, -0.2) is 62.3 Å². The van der Waals surface area contributed by atoms with Crippen LogP contribution in [0.15, 0.2) is 24.7 Å². The minimum Gasteiger partial charge on any atom is -0.446 e. The zero-order valence-electron chi connectivity index (χ0n) is 17.7. The van der Waals surface area contributed by atoms with Crippen LogP contribution in [0.5, 0.6) is 0 Å². The minimum atomic E-state index is -1.00. The molecule has 1 aliphatic heterocycles. The third-order valence-corrected chi connectivity index (χ3v) is 6.11. The molecule has 2 aliphatic rings. The quantitative estimate of drug-likeness (QED) is 0.606. The van der Waals surface area contributed by atoms with Gasteiger partial charge in [0.25, 0.3) is 0 Å². The van der Waals surface area contributed by atoms with Crippen LogP contribution in [0.2, 0.25) is 0 Å². The Morgan fingerprint density at radius 3 is 2.91 bits per heavy atom. The van der Waals surface area contributed by atoms with Gasteiger partial charge in [-0.15, -0.1) is 0 Å². The van der Waals surface area contributed by atoms with Crippen LogP contribution in [0.25, 0.3) is 22.4 Å². The van der Waals surface area contributed by atoms with Crippen LogP contribution >= 0.6 is 0 Å². The smallest absolute Gasteiger partial charge is 0.410 e. The second kappa shape index (κ2) is 8.87. The Hall–Kier alpha value is -3.37. The van der Waals surface area contributed by atoms with Crippen LogP contribution in [-0.2, 0) is 4.74 Å². The summed E-state index contributed by atoms with van der Waals surface area (Å²) in [6.07, 6.45) is 4.98. The lowest BCUT2D eigenvalue weighted by molar-refractivity contribution is 0.0472. The Balaban J connectivity index is 1.29. The first kappa shape index (κ1) is 21.5. The van der Waals surface area contributed by atoms with Crippen LogP contribution in [0.1, 0.15) is 32.1 Å². The van der Waals surface area contributed by atoms with Crippen LogP contribution in [0.3, 0.4) is 0 Å². The van der Waals surface area contributed by atoms with Gasteiger partial charge in [-0.2, -0.15) is 0 Å². The Bertz CT molecular complexity index is 1170. The number of aromatic nitrogens is 4. The van der Waals surface area contributed by atoms with E-state index in [4.69, 9.17) is 4.74 Å². The molecule has 5 rings (SSSR count). The van der Waals surface area contributed by atoms with Crippen LogP contribution in [0, 0.1) is 11.6 Å². The van der Waals surface area contributed by atoms with E-state index < -0.39 is 23.9 Å². The van der Waals surface area contributed by atoms with E-state index >= 15 is 0 Å². The Morgan fingerprint density at radius 2 is 2.09 bits per heavy atom. The number of fused-ring (bicyclic) bond motifs is 1. The maximum absolute atomic E-state index is 14.5. The van der Waals surface area contributed by atoms with E-state index in [1.807, 2.05) is 0 Å². The Kier molecular flexibility index (Phi) is 5.77. The molecule has 2 N–H and O–H groups in total. The highest BCUT2D eigenvalue weighted by atomic mass is 19.1. The number of anilines is 1. The average Bonchev–Trinajstić information content (AvgIpc) is 3.42. The molecule has 1 aliphatic carbocycles. The van der Waals surface area contributed by atoms with Gasteiger partial charge in [0.1, 0.15) is 23.7 Å². The molecule has 3 aromatic rings. The number of ether oxygens (including phenoxy) is 1. The standard InChI is InChI=1S/C22H23F3N6O2/c23-12-4-5-31(11-12)22(32)33-15-3-1-2-14(7-15)29-21-18(25)10-28-20(30-21)17-9-27-19-16(17)6-13(24)8-26-19/h6,8-10,12,14-15H,1-5,7,11H2,(H,26,27)(H,28,29,30)/t12-,14?,15?/m1/s1. The average molecular weight is 460 g/mol. The number of carbonyl (C=O) groups is 1. The van der Waals surface area contributed by atoms with Crippen molar-refractivity contribution >= 4 is 22.9 Å². The van der Waals surface area contributed by atoms with Gasteiger partial charge in [0.05, 0.1) is 18.9 Å². The molecule has 8 nitrogen and oxygen atoms in total. The first-order chi connectivity index (χ1) is 16.0. The summed E-state index contributed by atoms with van der Waals surface area (Å²) >= 11 is 0. The number of alkyl halides is 1. The first-order valence-corrected chi connectivity index (χ1v) is 11.0. The molecule has 0 bridgehead atoms. The SMILES string of the molecule is O=C(OC1CCCC(Nc2nc(-c3c[nH]c4ncc(F)cc34)ncc2F)C1)N1CC[C@@H](F)C1. The zero-order chi connectivity index (χ0) is 22.9. The fourth-order valence-electron chi connectivity index (χ4n) is 4.44. The molecule has 1 saturated heterocycles. The van der Waals surface area contributed by atoms with Crippen molar-refractivity contribution in [2.45, 2.75) is 50.4 Å². The van der Waals surface area contributed by atoms with E-state index in [2.05, 4.69) is 25.3 Å². The second-order valence-corrected chi connectivity index (χ2v) is 8.49.